The molecule has 0 aliphatic heterocycles. The normalized spacial score (nSPS) is 12.3. The van der Waals surface area contributed by atoms with Crippen molar-refractivity contribution >= 4 is 14.0 Å². The van der Waals surface area contributed by atoms with Crippen molar-refractivity contribution < 1.29 is 9.35 Å². The van der Waals surface area contributed by atoms with Crippen molar-refractivity contribution in [1.29, 1.82) is 0 Å². The molecule has 0 atom stereocenters. The van der Waals surface area contributed by atoms with Crippen LogP contribution in [0.5, 0.6) is 5.88 Å². The molecule has 17 heavy (non-hydrogen) atoms. The maximum atomic E-state index is 10.6. The van der Waals surface area contributed by atoms with Crippen LogP contribution in [-0.4, -0.2) is 18.2 Å². The topological polar surface area (TPSA) is 65.3 Å². The van der Waals surface area contributed by atoms with Gasteiger partial charge in [-0.3, -0.25) is 10.1 Å². The van der Waals surface area contributed by atoms with Crippen molar-refractivity contribution in [1.82, 2.24) is 4.98 Å². The first-order valence-electron chi connectivity index (χ1n) is 5.43. The Labute approximate surface area is 102 Å². The number of hydrogen-bond acceptors (Lipinski definition) is 4. The van der Waals surface area contributed by atoms with Crippen LogP contribution in [0.1, 0.15) is 20.8 Å². The number of nitrogens with zero attached hydrogens (tertiary/aromatic N) is 2. The van der Waals surface area contributed by atoms with E-state index in [2.05, 4.69) is 38.8 Å². The van der Waals surface area contributed by atoms with E-state index in [1.807, 2.05) is 0 Å². The maximum absolute atomic E-state index is 10.6. The van der Waals surface area contributed by atoms with E-state index in [0.29, 0.717) is 5.88 Å². The minimum Gasteiger partial charge on any atom is -0.530 e. The molecular weight excluding hydrogens is 236 g/mol. The maximum Gasteiger partial charge on any atom is 0.276 e. The number of rotatable bonds is 3. The van der Waals surface area contributed by atoms with Gasteiger partial charge in [0.1, 0.15) is 0 Å². The van der Waals surface area contributed by atoms with E-state index in [1.165, 1.54) is 18.3 Å². The second-order valence-corrected chi connectivity index (χ2v) is 10.2. The third-order valence-corrected chi connectivity index (χ3v) is 7.43. The SMILES string of the molecule is CC(C)(C)[Si](C)(C)Oc1cc([N+](=O)[O-])ccn1. The van der Waals surface area contributed by atoms with Gasteiger partial charge in [-0.1, -0.05) is 20.8 Å². The zero-order valence-corrected chi connectivity index (χ0v) is 11.9. The van der Waals surface area contributed by atoms with E-state index in [9.17, 15) is 10.1 Å². The van der Waals surface area contributed by atoms with Crippen molar-refractivity contribution in [2.45, 2.75) is 38.9 Å². The van der Waals surface area contributed by atoms with Gasteiger partial charge in [-0.05, 0) is 18.1 Å². The monoisotopic (exact) mass is 254 g/mol. The Hall–Kier alpha value is -1.43. The van der Waals surface area contributed by atoms with E-state index in [-0.39, 0.29) is 10.7 Å². The Balaban J connectivity index is 2.96. The van der Waals surface area contributed by atoms with Crippen LogP contribution in [0.25, 0.3) is 0 Å². The standard InChI is InChI=1S/C11H18N2O3Si/c1-11(2,3)17(4,5)16-10-8-9(13(14)15)6-7-12-10/h6-8H,1-5H3. The van der Waals surface area contributed by atoms with Gasteiger partial charge in [0, 0.05) is 12.3 Å². The van der Waals surface area contributed by atoms with Crippen molar-refractivity contribution in [3.63, 3.8) is 0 Å². The molecular formula is C11H18N2O3Si. The molecule has 0 unspecified atom stereocenters. The minimum atomic E-state index is -1.99. The van der Waals surface area contributed by atoms with E-state index in [0.717, 1.165) is 0 Å². The molecule has 1 aromatic heterocycles. The van der Waals surface area contributed by atoms with Crippen LogP contribution >= 0.6 is 0 Å². The fraction of sp³-hybridized carbons (Fsp3) is 0.545. The van der Waals surface area contributed by atoms with Gasteiger partial charge in [-0.25, -0.2) is 4.98 Å². The highest BCUT2D eigenvalue weighted by molar-refractivity contribution is 6.74. The fourth-order valence-corrected chi connectivity index (χ4v) is 1.92. The summed E-state index contributed by atoms with van der Waals surface area (Å²) >= 11 is 0. The smallest absolute Gasteiger partial charge is 0.276 e. The molecule has 1 heterocycles. The molecule has 0 fully saturated rings. The molecule has 0 spiro atoms. The summed E-state index contributed by atoms with van der Waals surface area (Å²) in [5.41, 5.74) is 0.00806. The molecule has 0 bridgehead atoms. The molecule has 94 valence electrons. The zero-order valence-electron chi connectivity index (χ0n) is 10.9. The first kappa shape index (κ1) is 13.6. The number of pyridine rings is 1. The second kappa shape index (κ2) is 4.44. The molecule has 0 radical (unpaired) electrons. The summed E-state index contributed by atoms with van der Waals surface area (Å²) in [4.78, 5) is 14.2. The van der Waals surface area contributed by atoms with Gasteiger partial charge in [-0.15, -0.1) is 0 Å². The van der Waals surface area contributed by atoms with Crippen LogP contribution in [0.4, 0.5) is 5.69 Å². The molecule has 0 aliphatic rings. The van der Waals surface area contributed by atoms with E-state index in [4.69, 9.17) is 4.43 Å². The lowest BCUT2D eigenvalue weighted by Gasteiger charge is -2.35. The largest absolute Gasteiger partial charge is 0.530 e. The average Bonchev–Trinajstić information content (AvgIpc) is 2.15. The molecule has 0 amide bonds. The van der Waals surface area contributed by atoms with Gasteiger partial charge in [0.25, 0.3) is 14.0 Å². The Morgan fingerprint density at radius 3 is 2.47 bits per heavy atom. The molecule has 0 N–H and O–H groups in total. The van der Waals surface area contributed by atoms with Gasteiger partial charge in [-0.2, -0.15) is 0 Å². The third kappa shape index (κ3) is 3.26. The van der Waals surface area contributed by atoms with Crippen LogP contribution in [0, 0.1) is 10.1 Å². The van der Waals surface area contributed by atoms with Crippen molar-refractivity contribution in [2.75, 3.05) is 0 Å². The van der Waals surface area contributed by atoms with Crippen LogP contribution in [0.3, 0.4) is 0 Å². The summed E-state index contributed by atoms with van der Waals surface area (Å²) in [6.07, 6.45) is 1.40. The first-order chi connectivity index (χ1) is 7.63. The molecule has 0 aliphatic carbocycles. The summed E-state index contributed by atoms with van der Waals surface area (Å²) in [5.74, 6) is 0.339. The number of hydrogen-bond donors (Lipinski definition) is 0. The predicted molar refractivity (Wildman–Crippen MR) is 68.7 cm³/mol. The summed E-state index contributed by atoms with van der Waals surface area (Å²) < 4.78 is 5.88. The molecule has 1 rings (SSSR count). The Bertz CT molecular complexity index is 427. The number of nitro groups is 1. The molecule has 1 aromatic rings. The van der Waals surface area contributed by atoms with Crippen LogP contribution in [-0.2, 0) is 0 Å². The van der Waals surface area contributed by atoms with Crippen molar-refractivity contribution in [2.24, 2.45) is 0 Å². The lowest BCUT2D eigenvalue weighted by Crippen LogP contribution is -2.44. The zero-order chi connectivity index (χ0) is 13.3. The minimum absolute atomic E-state index is 0.00806. The summed E-state index contributed by atoms with van der Waals surface area (Å²) in [7, 11) is -1.99. The van der Waals surface area contributed by atoms with E-state index < -0.39 is 13.2 Å². The van der Waals surface area contributed by atoms with E-state index in [1.54, 1.807) is 0 Å². The third-order valence-electron chi connectivity index (χ3n) is 3.10. The van der Waals surface area contributed by atoms with Crippen molar-refractivity contribution in [3.8, 4) is 5.88 Å². The molecule has 5 nitrogen and oxygen atoms in total. The van der Waals surface area contributed by atoms with Gasteiger partial charge in [0.2, 0.25) is 5.88 Å². The lowest BCUT2D eigenvalue weighted by atomic mass is 10.2. The van der Waals surface area contributed by atoms with Gasteiger partial charge in [0.05, 0.1) is 11.0 Å². The Kier molecular flexibility index (Phi) is 3.56. The second-order valence-electron chi connectivity index (χ2n) is 5.47. The first-order valence-corrected chi connectivity index (χ1v) is 8.34. The summed E-state index contributed by atoms with van der Waals surface area (Å²) in [6.45, 7) is 10.5. The quantitative estimate of drug-likeness (QED) is 0.471. The highest BCUT2D eigenvalue weighted by Crippen LogP contribution is 2.37. The Morgan fingerprint density at radius 2 is 2.00 bits per heavy atom. The lowest BCUT2D eigenvalue weighted by molar-refractivity contribution is -0.385. The van der Waals surface area contributed by atoms with E-state index >= 15 is 0 Å². The average molecular weight is 254 g/mol. The molecule has 0 saturated heterocycles. The Morgan fingerprint density at radius 1 is 1.41 bits per heavy atom. The summed E-state index contributed by atoms with van der Waals surface area (Å²) in [5, 5.41) is 10.7. The predicted octanol–water partition coefficient (Wildman–Crippen LogP) is 3.37. The molecule has 0 saturated carbocycles. The van der Waals surface area contributed by atoms with Crippen LogP contribution in [0.2, 0.25) is 18.1 Å². The fourth-order valence-electron chi connectivity index (χ4n) is 0.983. The molecule has 0 aromatic carbocycles. The van der Waals surface area contributed by atoms with Gasteiger partial charge >= 0.3 is 0 Å². The highest BCUT2D eigenvalue weighted by atomic mass is 28.4. The summed E-state index contributed by atoms with van der Waals surface area (Å²) in [6, 6.07) is 2.74. The van der Waals surface area contributed by atoms with Gasteiger partial charge < -0.3 is 4.43 Å². The number of aromatic nitrogens is 1. The van der Waals surface area contributed by atoms with Crippen LogP contribution < -0.4 is 4.43 Å². The van der Waals surface area contributed by atoms with Crippen LogP contribution in [0.15, 0.2) is 18.3 Å². The van der Waals surface area contributed by atoms with Crippen molar-refractivity contribution in [3.05, 3.63) is 28.4 Å². The highest BCUT2D eigenvalue weighted by Gasteiger charge is 2.39. The van der Waals surface area contributed by atoms with Gasteiger partial charge in [0.15, 0.2) is 0 Å². The molecule has 6 heteroatoms.